The number of ether oxygens (including phenoxy) is 1. The van der Waals surface area contributed by atoms with Gasteiger partial charge in [-0.1, -0.05) is 55.5 Å². The summed E-state index contributed by atoms with van der Waals surface area (Å²) in [6.07, 6.45) is 3.22. The first-order valence-electron chi connectivity index (χ1n) is 12.0. The number of nitrogens with one attached hydrogen (secondary N) is 2. The number of imidazole rings is 1. The molecule has 0 aliphatic rings. The van der Waals surface area contributed by atoms with Gasteiger partial charge in [0.05, 0.1) is 17.2 Å². The summed E-state index contributed by atoms with van der Waals surface area (Å²) in [6.45, 7) is 10.6. The van der Waals surface area contributed by atoms with E-state index in [1.54, 1.807) is 18.2 Å². The summed E-state index contributed by atoms with van der Waals surface area (Å²) in [4.78, 5) is 16.7. The number of hydrogen-bond donors (Lipinski definition) is 2. The van der Waals surface area contributed by atoms with Crippen molar-refractivity contribution in [2.24, 2.45) is 0 Å². The van der Waals surface area contributed by atoms with Gasteiger partial charge in [0, 0.05) is 25.1 Å². The fourth-order valence-electron chi connectivity index (χ4n) is 3.96. The number of aryl methyl sites for hydroxylation is 2. The van der Waals surface area contributed by atoms with Crippen molar-refractivity contribution in [3.8, 4) is 11.1 Å². The Morgan fingerprint density at radius 3 is 2.51 bits per heavy atom. The highest BCUT2D eigenvalue weighted by molar-refractivity contribution is 7.90. The lowest BCUT2D eigenvalue weighted by Crippen LogP contribution is -2.39. The predicted octanol–water partition coefficient (Wildman–Crippen LogP) is 4.75. The van der Waals surface area contributed by atoms with E-state index in [4.69, 9.17) is 21.9 Å². The molecule has 0 aliphatic carbocycles. The van der Waals surface area contributed by atoms with E-state index >= 15 is 0 Å². The van der Waals surface area contributed by atoms with Gasteiger partial charge in [0.1, 0.15) is 11.5 Å². The lowest BCUT2D eigenvalue weighted by Gasteiger charge is -2.15. The Hall–Kier alpha value is -3.50. The molecule has 0 unspecified atom stereocenters. The summed E-state index contributed by atoms with van der Waals surface area (Å²) in [5.41, 5.74) is 3.84. The van der Waals surface area contributed by atoms with Gasteiger partial charge in [-0.15, -0.1) is 6.58 Å². The van der Waals surface area contributed by atoms with E-state index in [0.29, 0.717) is 29.3 Å². The molecule has 3 aromatic rings. The van der Waals surface area contributed by atoms with Crippen LogP contribution in [0.4, 0.5) is 4.79 Å². The van der Waals surface area contributed by atoms with E-state index in [9.17, 15) is 13.2 Å². The molecule has 2 N–H and O–H groups in total. The number of rotatable bonds is 11. The second-order valence-electron chi connectivity index (χ2n) is 8.32. The summed E-state index contributed by atoms with van der Waals surface area (Å²) < 4.78 is 35.6. The first kappa shape index (κ1) is 28.1. The molecule has 0 bridgehead atoms. The molecule has 8 nitrogen and oxygen atoms in total. The third kappa shape index (κ3) is 6.84. The second kappa shape index (κ2) is 12.6. The van der Waals surface area contributed by atoms with Crippen molar-refractivity contribution in [2.75, 3.05) is 13.2 Å². The van der Waals surface area contributed by atoms with Crippen molar-refractivity contribution in [1.82, 2.24) is 19.6 Å². The lowest BCUT2D eigenvalue weighted by atomic mass is 10.0. The number of aromatic nitrogens is 2. The van der Waals surface area contributed by atoms with Gasteiger partial charge in [-0.25, -0.2) is 22.9 Å². The Balaban J connectivity index is 1.91. The molecule has 2 aromatic carbocycles. The zero-order valence-electron chi connectivity index (χ0n) is 21.3. The molecule has 0 radical (unpaired) electrons. The van der Waals surface area contributed by atoms with Crippen LogP contribution in [-0.2, 0) is 27.7 Å². The molecule has 37 heavy (non-hydrogen) atoms. The maximum Gasteiger partial charge on any atom is 0.328 e. The highest BCUT2D eigenvalue weighted by atomic mass is 32.2. The van der Waals surface area contributed by atoms with Gasteiger partial charge in [0.2, 0.25) is 5.05 Å². The molecular weight excluding hydrogens is 508 g/mol. The van der Waals surface area contributed by atoms with Gasteiger partial charge < -0.3 is 14.6 Å². The molecule has 0 spiro atoms. The molecule has 1 aromatic heterocycles. The quantitative estimate of drug-likeness (QED) is 0.269. The Labute approximate surface area is 223 Å². The average Bonchev–Trinajstić information content (AvgIpc) is 3.17. The summed E-state index contributed by atoms with van der Waals surface area (Å²) in [6, 6.07) is 13.4. The summed E-state index contributed by atoms with van der Waals surface area (Å²) in [5.74, 6) is 0.943. The fourth-order valence-corrected chi connectivity index (χ4v) is 5.50. The van der Waals surface area contributed by atoms with Crippen LogP contribution in [0.2, 0.25) is 0 Å². The number of amides is 2. The van der Waals surface area contributed by atoms with Gasteiger partial charge in [-0.2, -0.15) is 0 Å². The molecule has 0 atom stereocenters. The summed E-state index contributed by atoms with van der Waals surface area (Å²) >= 11 is 5.52. The number of nitrogens with zero attached hydrogens (tertiary/aromatic N) is 2. The van der Waals surface area contributed by atoms with Crippen molar-refractivity contribution in [2.45, 2.75) is 45.1 Å². The SMILES string of the molecule is C=CCNC(=O)NS(=O)(=O)c1ccccc1-c1ccc(Cn2c(CCC)nc(C)c2C(=S)OCC)cc1. The van der Waals surface area contributed by atoms with Gasteiger partial charge >= 0.3 is 6.03 Å². The van der Waals surface area contributed by atoms with E-state index in [2.05, 4.69) is 23.4 Å². The van der Waals surface area contributed by atoms with Crippen LogP contribution in [0.3, 0.4) is 0 Å². The zero-order chi connectivity index (χ0) is 27.0. The van der Waals surface area contributed by atoms with Crippen LogP contribution >= 0.6 is 12.2 Å². The van der Waals surface area contributed by atoms with Gasteiger partial charge in [-0.3, -0.25) is 0 Å². The monoisotopic (exact) mass is 540 g/mol. The maximum absolute atomic E-state index is 12.9. The van der Waals surface area contributed by atoms with Crippen molar-refractivity contribution in [1.29, 1.82) is 0 Å². The molecule has 0 aliphatic heterocycles. The zero-order valence-corrected chi connectivity index (χ0v) is 22.9. The third-order valence-electron chi connectivity index (χ3n) is 5.58. The molecular formula is C27H32N4O4S2. The van der Waals surface area contributed by atoms with E-state index in [1.165, 1.54) is 12.1 Å². The molecule has 196 valence electrons. The average molecular weight is 541 g/mol. The summed E-state index contributed by atoms with van der Waals surface area (Å²) in [5, 5.41) is 2.84. The van der Waals surface area contributed by atoms with E-state index in [1.807, 2.05) is 42.8 Å². The number of carbonyl (C=O) groups excluding carboxylic acids is 1. The Morgan fingerprint density at radius 1 is 1.16 bits per heavy atom. The highest BCUT2D eigenvalue weighted by Gasteiger charge is 2.22. The number of sulfonamides is 1. The third-order valence-corrected chi connectivity index (χ3v) is 7.28. The smallest absolute Gasteiger partial charge is 0.328 e. The van der Waals surface area contributed by atoms with Gasteiger partial charge in [0.15, 0.2) is 0 Å². The summed E-state index contributed by atoms with van der Waals surface area (Å²) in [7, 11) is -4.09. The van der Waals surface area contributed by atoms with Crippen molar-refractivity contribution in [3.05, 3.63) is 84.0 Å². The van der Waals surface area contributed by atoms with Crippen LogP contribution in [0, 0.1) is 6.92 Å². The standard InChI is InChI=1S/C27H32N4O4S2/c1-5-10-24-29-19(4)25(26(36)35-7-3)31(24)18-20-13-15-21(16-14-20)22-11-8-9-12-23(22)37(33,34)30-27(32)28-17-6-2/h6,8-9,11-16H,2,5,7,10,17-18H2,1,3-4H3,(H2,28,30,32). The fraction of sp³-hybridized carbons (Fsp3) is 0.296. The topological polar surface area (TPSA) is 102 Å². The second-order valence-corrected chi connectivity index (χ2v) is 10.3. The van der Waals surface area contributed by atoms with Crippen molar-refractivity contribution >= 4 is 33.3 Å². The molecule has 0 fully saturated rings. The Morgan fingerprint density at radius 2 is 1.86 bits per heavy atom. The molecule has 3 rings (SSSR count). The van der Waals surface area contributed by atoms with Crippen LogP contribution in [0.15, 0.2) is 66.1 Å². The molecule has 1 heterocycles. The Kier molecular flexibility index (Phi) is 9.60. The minimum Gasteiger partial charge on any atom is -0.482 e. The van der Waals surface area contributed by atoms with E-state index in [-0.39, 0.29) is 11.4 Å². The highest BCUT2D eigenvalue weighted by Crippen LogP contribution is 2.28. The van der Waals surface area contributed by atoms with Crippen LogP contribution in [-0.4, -0.2) is 42.2 Å². The van der Waals surface area contributed by atoms with Crippen LogP contribution in [0.25, 0.3) is 11.1 Å². The minimum atomic E-state index is -4.09. The van der Waals surface area contributed by atoms with Crippen LogP contribution in [0.5, 0.6) is 0 Å². The number of hydrogen-bond acceptors (Lipinski definition) is 6. The first-order chi connectivity index (χ1) is 17.7. The number of carbonyl (C=O) groups is 1. The first-order valence-corrected chi connectivity index (χ1v) is 13.9. The van der Waals surface area contributed by atoms with E-state index < -0.39 is 16.1 Å². The van der Waals surface area contributed by atoms with Crippen LogP contribution < -0.4 is 10.0 Å². The van der Waals surface area contributed by atoms with Crippen molar-refractivity contribution < 1.29 is 17.9 Å². The Bertz CT molecular complexity index is 1380. The number of urea groups is 1. The van der Waals surface area contributed by atoms with Crippen molar-refractivity contribution in [3.63, 3.8) is 0 Å². The van der Waals surface area contributed by atoms with Crippen LogP contribution in [0.1, 0.15) is 43.0 Å². The van der Waals surface area contributed by atoms with Gasteiger partial charge in [-0.05, 0) is 49.7 Å². The normalized spacial score (nSPS) is 11.1. The lowest BCUT2D eigenvalue weighted by molar-refractivity contribution is 0.247. The van der Waals surface area contributed by atoms with E-state index in [0.717, 1.165) is 35.6 Å². The predicted molar refractivity (Wildman–Crippen MR) is 149 cm³/mol. The number of thiocarbonyl (C=S) groups is 1. The minimum absolute atomic E-state index is 0.0105. The van der Waals surface area contributed by atoms with Gasteiger partial charge in [0.25, 0.3) is 10.0 Å². The molecule has 2 amide bonds. The molecule has 10 heteroatoms. The largest absolute Gasteiger partial charge is 0.482 e. The number of benzene rings is 2. The molecule has 0 saturated heterocycles. The maximum atomic E-state index is 12.9. The molecule has 0 saturated carbocycles.